The maximum Gasteiger partial charge on any atom is 0.231 e. The van der Waals surface area contributed by atoms with E-state index in [4.69, 9.17) is 4.74 Å². The first kappa shape index (κ1) is 20.0. The Bertz CT molecular complexity index is 1080. The highest BCUT2D eigenvalue weighted by atomic mass is 32.1. The van der Waals surface area contributed by atoms with E-state index in [1.165, 1.54) is 11.3 Å². The van der Waals surface area contributed by atoms with Crippen molar-refractivity contribution in [3.8, 4) is 16.3 Å². The number of nitrogens with one attached hydrogen (secondary N) is 1. The van der Waals surface area contributed by atoms with Gasteiger partial charge in [0, 0.05) is 18.7 Å². The molecule has 1 atom stereocenters. The van der Waals surface area contributed by atoms with Crippen LogP contribution in [-0.2, 0) is 9.59 Å². The lowest BCUT2D eigenvalue weighted by Gasteiger charge is -2.18. The third kappa shape index (κ3) is 4.04. The van der Waals surface area contributed by atoms with Crippen LogP contribution in [0.3, 0.4) is 0 Å². The summed E-state index contributed by atoms with van der Waals surface area (Å²) in [7, 11) is 0. The van der Waals surface area contributed by atoms with Gasteiger partial charge in [-0.2, -0.15) is 0 Å². The zero-order valence-electron chi connectivity index (χ0n) is 16.8. The summed E-state index contributed by atoms with van der Waals surface area (Å²) >= 11 is 1.28. The van der Waals surface area contributed by atoms with Crippen molar-refractivity contribution in [2.24, 2.45) is 5.92 Å². The summed E-state index contributed by atoms with van der Waals surface area (Å²) in [5.74, 6) is 0.0257. The largest absolute Gasteiger partial charge is 0.493 e. The van der Waals surface area contributed by atoms with Gasteiger partial charge in [0.15, 0.2) is 5.01 Å². The number of carbonyl (C=O) groups is 2. The maximum atomic E-state index is 12.8. The van der Waals surface area contributed by atoms with Gasteiger partial charge in [-0.05, 0) is 37.6 Å². The molecule has 1 aliphatic rings. The Kier molecular flexibility index (Phi) is 5.76. The molecule has 3 aromatic rings. The molecule has 30 heavy (non-hydrogen) atoms. The van der Waals surface area contributed by atoms with Crippen molar-refractivity contribution in [2.45, 2.75) is 20.3 Å². The Labute approximate surface area is 178 Å². The van der Waals surface area contributed by atoms with Crippen LogP contribution < -0.4 is 15.0 Å². The lowest BCUT2D eigenvalue weighted by atomic mass is 10.1. The summed E-state index contributed by atoms with van der Waals surface area (Å²) in [6.07, 6.45) is 0.180. The summed E-state index contributed by atoms with van der Waals surface area (Å²) < 4.78 is 5.65. The lowest BCUT2D eigenvalue weighted by molar-refractivity contribution is -0.122. The predicted octanol–water partition coefficient (Wildman–Crippen LogP) is 3.90. The number of aryl methyl sites for hydroxylation is 1. The number of hydrogen-bond donors (Lipinski definition) is 1. The van der Waals surface area contributed by atoms with Crippen molar-refractivity contribution in [3.63, 3.8) is 0 Å². The van der Waals surface area contributed by atoms with Gasteiger partial charge >= 0.3 is 0 Å². The van der Waals surface area contributed by atoms with Gasteiger partial charge in [-0.1, -0.05) is 41.7 Å². The predicted molar refractivity (Wildman–Crippen MR) is 117 cm³/mol. The second kappa shape index (κ2) is 8.62. The Morgan fingerprint density at radius 3 is 2.77 bits per heavy atom. The first-order valence-corrected chi connectivity index (χ1v) is 10.6. The number of anilines is 2. The number of carbonyl (C=O) groups excluding carboxylic acids is 2. The molecule has 1 saturated heterocycles. The third-order valence-electron chi connectivity index (χ3n) is 4.97. The van der Waals surface area contributed by atoms with E-state index in [0.29, 0.717) is 23.3 Å². The molecular formula is C22H22N4O3S. The molecule has 0 bridgehead atoms. The first-order chi connectivity index (χ1) is 14.6. The number of amides is 2. The molecule has 0 spiro atoms. The molecule has 154 valence electrons. The molecule has 0 unspecified atom stereocenters. The van der Waals surface area contributed by atoms with Gasteiger partial charge < -0.3 is 15.0 Å². The van der Waals surface area contributed by atoms with E-state index in [0.717, 1.165) is 22.6 Å². The van der Waals surface area contributed by atoms with Crippen molar-refractivity contribution in [1.82, 2.24) is 10.2 Å². The second-order valence-corrected chi connectivity index (χ2v) is 8.00. The molecule has 0 radical (unpaired) electrons. The third-order valence-corrected chi connectivity index (χ3v) is 5.85. The molecule has 2 aromatic carbocycles. The van der Waals surface area contributed by atoms with Crippen LogP contribution in [0.4, 0.5) is 10.8 Å². The molecule has 1 aromatic heterocycles. The number of aromatic nitrogens is 2. The lowest BCUT2D eigenvalue weighted by Crippen LogP contribution is -2.28. The van der Waals surface area contributed by atoms with Crippen molar-refractivity contribution in [1.29, 1.82) is 0 Å². The summed E-state index contributed by atoms with van der Waals surface area (Å²) in [6.45, 7) is 4.78. The molecule has 4 rings (SSSR count). The highest BCUT2D eigenvalue weighted by molar-refractivity contribution is 7.18. The second-order valence-electron chi connectivity index (χ2n) is 7.02. The van der Waals surface area contributed by atoms with E-state index in [9.17, 15) is 9.59 Å². The van der Waals surface area contributed by atoms with E-state index >= 15 is 0 Å². The smallest absolute Gasteiger partial charge is 0.231 e. The minimum Gasteiger partial charge on any atom is -0.493 e. The number of ether oxygens (including phenoxy) is 1. The van der Waals surface area contributed by atoms with Crippen LogP contribution in [0.2, 0.25) is 0 Å². The molecule has 1 fully saturated rings. The average molecular weight is 423 g/mol. The van der Waals surface area contributed by atoms with E-state index < -0.39 is 5.92 Å². The van der Waals surface area contributed by atoms with Crippen LogP contribution >= 0.6 is 11.3 Å². The zero-order valence-corrected chi connectivity index (χ0v) is 17.6. The van der Waals surface area contributed by atoms with Crippen molar-refractivity contribution in [2.75, 3.05) is 23.4 Å². The summed E-state index contributed by atoms with van der Waals surface area (Å²) in [4.78, 5) is 26.9. The fourth-order valence-corrected chi connectivity index (χ4v) is 4.27. The van der Waals surface area contributed by atoms with Gasteiger partial charge in [-0.3, -0.25) is 9.59 Å². The van der Waals surface area contributed by atoms with Gasteiger partial charge in [-0.15, -0.1) is 10.2 Å². The van der Waals surface area contributed by atoms with Crippen LogP contribution in [0, 0.1) is 12.8 Å². The molecule has 0 aliphatic carbocycles. The van der Waals surface area contributed by atoms with Crippen LogP contribution in [0.15, 0.2) is 48.5 Å². The normalized spacial score (nSPS) is 16.0. The Balaban J connectivity index is 1.46. The fraction of sp³-hybridized carbons (Fsp3) is 0.273. The summed E-state index contributed by atoms with van der Waals surface area (Å²) in [5, 5.41) is 12.2. The Hall–Kier alpha value is -3.26. The minimum absolute atomic E-state index is 0.0481. The van der Waals surface area contributed by atoms with E-state index in [1.807, 2.05) is 62.4 Å². The highest BCUT2D eigenvalue weighted by Gasteiger charge is 2.36. The first-order valence-electron chi connectivity index (χ1n) is 9.79. The molecular weight excluding hydrogens is 400 g/mol. The monoisotopic (exact) mass is 422 g/mol. The van der Waals surface area contributed by atoms with E-state index in [1.54, 1.807) is 4.90 Å². The van der Waals surface area contributed by atoms with Gasteiger partial charge in [0.2, 0.25) is 16.9 Å². The number of benzene rings is 2. The summed E-state index contributed by atoms with van der Waals surface area (Å²) in [5.41, 5.74) is 2.69. The minimum atomic E-state index is -0.430. The van der Waals surface area contributed by atoms with E-state index in [2.05, 4.69) is 15.5 Å². The van der Waals surface area contributed by atoms with Crippen molar-refractivity contribution >= 4 is 34.0 Å². The summed E-state index contributed by atoms with van der Waals surface area (Å²) in [6, 6.07) is 15.3. The van der Waals surface area contributed by atoms with Gasteiger partial charge in [0.05, 0.1) is 18.1 Å². The quantitative estimate of drug-likeness (QED) is 0.651. The zero-order chi connectivity index (χ0) is 21.1. The van der Waals surface area contributed by atoms with Gasteiger partial charge in [0.1, 0.15) is 5.75 Å². The molecule has 2 heterocycles. The molecule has 8 heteroatoms. The molecule has 1 aliphatic heterocycles. The van der Waals surface area contributed by atoms with E-state index in [-0.39, 0.29) is 18.2 Å². The maximum absolute atomic E-state index is 12.8. The fourth-order valence-electron chi connectivity index (χ4n) is 3.50. The SMILES string of the molecule is CCOc1ccccc1-c1nnc(NC(=O)[C@H]2CC(=O)N(c3ccccc3C)C2)s1. The van der Waals surface area contributed by atoms with Gasteiger partial charge in [-0.25, -0.2) is 0 Å². The topological polar surface area (TPSA) is 84.4 Å². The Morgan fingerprint density at radius 2 is 1.97 bits per heavy atom. The number of para-hydroxylation sites is 2. The van der Waals surface area contributed by atoms with Crippen LogP contribution in [-0.4, -0.2) is 35.2 Å². The van der Waals surface area contributed by atoms with Gasteiger partial charge in [0.25, 0.3) is 0 Å². The van der Waals surface area contributed by atoms with Crippen LogP contribution in [0.1, 0.15) is 18.9 Å². The molecule has 7 nitrogen and oxygen atoms in total. The Morgan fingerprint density at radius 1 is 1.20 bits per heavy atom. The standard InChI is InChI=1S/C22H22N4O3S/c1-3-29-18-11-7-5-9-16(18)21-24-25-22(30-21)23-20(28)15-12-19(27)26(13-15)17-10-6-4-8-14(17)2/h4-11,15H,3,12-13H2,1-2H3,(H,23,25,28)/t15-/m0/s1. The molecule has 0 saturated carbocycles. The molecule has 2 amide bonds. The molecule has 1 N–H and O–H groups in total. The van der Waals surface area contributed by atoms with Crippen molar-refractivity contribution < 1.29 is 14.3 Å². The average Bonchev–Trinajstić information content (AvgIpc) is 3.36. The highest BCUT2D eigenvalue weighted by Crippen LogP contribution is 2.34. The number of rotatable bonds is 6. The number of hydrogen-bond acceptors (Lipinski definition) is 6. The van der Waals surface area contributed by atoms with Crippen LogP contribution in [0.5, 0.6) is 5.75 Å². The van der Waals surface area contributed by atoms with Crippen LogP contribution in [0.25, 0.3) is 10.6 Å². The van der Waals surface area contributed by atoms with Crippen molar-refractivity contribution in [3.05, 3.63) is 54.1 Å². The number of nitrogens with zero attached hydrogens (tertiary/aromatic N) is 3.